The Balaban J connectivity index is 1.32. The monoisotopic (exact) mass is 477 g/mol. The van der Waals surface area contributed by atoms with E-state index in [1.54, 1.807) is 13.4 Å². The summed E-state index contributed by atoms with van der Waals surface area (Å²) in [5, 5.41) is 5.24. The number of carbonyl (C=O) groups is 1. The molecule has 3 aromatic heterocycles. The zero-order chi connectivity index (χ0) is 23.7. The van der Waals surface area contributed by atoms with Gasteiger partial charge in [-0.05, 0) is 55.5 Å². The van der Waals surface area contributed by atoms with Crippen LogP contribution in [0.2, 0.25) is 0 Å². The molecule has 0 spiro atoms. The Labute approximate surface area is 203 Å². The Kier molecular flexibility index (Phi) is 6.41. The van der Waals surface area contributed by atoms with Crippen molar-refractivity contribution in [1.82, 2.24) is 20.3 Å². The van der Waals surface area contributed by atoms with Gasteiger partial charge in [0.15, 0.2) is 0 Å². The van der Waals surface area contributed by atoms with Crippen LogP contribution in [0.5, 0.6) is 5.75 Å². The van der Waals surface area contributed by atoms with Crippen molar-refractivity contribution < 1.29 is 9.53 Å². The molecule has 1 aromatic carbocycles. The molecule has 1 amide bonds. The first kappa shape index (κ1) is 22.7. The van der Waals surface area contributed by atoms with E-state index < -0.39 is 0 Å². The van der Waals surface area contributed by atoms with Crippen molar-refractivity contribution in [3.8, 4) is 5.75 Å². The van der Waals surface area contributed by atoms with Gasteiger partial charge in [-0.25, -0.2) is 9.97 Å². The molecule has 7 nitrogen and oxygen atoms in total. The fourth-order valence-corrected chi connectivity index (χ4v) is 6.12. The number of hydrogen-bond acceptors (Lipinski definition) is 6. The molecule has 34 heavy (non-hydrogen) atoms. The zero-order valence-electron chi connectivity index (χ0n) is 20.0. The summed E-state index contributed by atoms with van der Waals surface area (Å²) >= 11 is 1.45. The highest BCUT2D eigenvalue weighted by atomic mass is 32.1. The highest BCUT2D eigenvalue weighted by molar-refractivity contribution is 7.20. The smallest absolute Gasteiger partial charge is 0.261 e. The van der Waals surface area contributed by atoms with Crippen LogP contribution in [0.15, 0.2) is 30.7 Å². The van der Waals surface area contributed by atoms with Crippen molar-refractivity contribution in [1.29, 1.82) is 0 Å². The molecule has 0 bridgehead atoms. The van der Waals surface area contributed by atoms with Crippen LogP contribution >= 0.6 is 11.3 Å². The third kappa shape index (κ3) is 4.22. The first-order valence-corrected chi connectivity index (χ1v) is 12.8. The van der Waals surface area contributed by atoms with E-state index in [0.717, 1.165) is 55.1 Å². The average molecular weight is 478 g/mol. The van der Waals surface area contributed by atoms with Gasteiger partial charge in [-0.15, -0.1) is 11.3 Å². The Bertz CT molecular complexity index is 1320. The SMILES string of the molecule is COc1ccc2[nH]cc(CCNC(=O)c3sc4ncnc(N(C)C5CCCCC5)c4c3C)c2c1. The van der Waals surface area contributed by atoms with Crippen LogP contribution in [-0.4, -0.2) is 47.6 Å². The second-order valence-corrected chi connectivity index (χ2v) is 10.1. The van der Waals surface area contributed by atoms with Gasteiger partial charge < -0.3 is 19.9 Å². The van der Waals surface area contributed by atoms with Gasteiger partial charge in [0.1, 0.15) is 22.7 Å². The highest BCUT2D eigenvalue weighted by Crippen LogP contribution is 2.36. The summed E-state index contributed by atoms with van der Waals surface area (Å²) in [6.07, 6.45) is 10.6. The number of rotatable bonds is 7. The lowest BCUT2D eigenvalue weighted by molar-refractivity contribution is 0.0957. The molecule has 0 aliphatic heterocycles. The van der Waals surface area contributed by atoms with E-state index in [2.05, 4.69) is 32.2 Å². The maximum atomic E-state index is 13.1. The summed E-state index contributed by atoms with van der Waals surface area (Å²) in [5.41, 5.74) is 3.19. The van der Waals surface area contributed by atoms with Gasteiger partial charge in [-0.2, -0.15) is 0 Å². The number of hydrogen-bond donors (Lipinski definition) is 2. The van der Waals surface area contributed by atoms with Gasteiger partial charge in [0.05, 0.1) is 17.4 Å². The van der Waals surface area contributed by atoms with Crippen LogP contribution in [0.25, 0.3) is 21.1 Å². The molecule has 1 saturated carbocycles. The van der Waals surface area contributed by atoms with Crippen LogP contribution in [0.1, 0.15) is 52.9 Å². The normalized spacial score (nSPS) is 14.6. The fraction of sp³-hybridized carbons (Fsp3) is 0.423. The quantitative estimate of drug-likeness (QED) is 0.381. The number of thiophene rings is 1. The lowest BCUT2D eigenvalue weighted by Crippen LogP contribution is -2.34. The predicted molar refractivity (Wildman–Crippen MR) is 138 cm³/mol. The van der Waals surface area contributed by atoms with E-state index in [9.17, 15) is 4.79 Å². The van der Waals surface area contributed by atoms with E-state index in [1.807, 2.05) is 31.3 Å². The van der Waals surface area contributed by atoms with Crippen molar-refractivity contribution in [2.24, 2.45) is 0 Å². The molecule has 0 unspecified atom stereocenters. The second-order valence-electron chi connectivity index (χ2n) is 9.07. The van der Waals surface area contributed by atoms with Gasteiger partial charge in [-0.3, -0.25) is 4.79 Å². The van der Waals surface area contributed by atoms with Gasteiger partial charge in [-0.1, -0.05) is 19.3 Å². The van der Waals surface area contributed by atoms with E-state index in [1.165, 1.54) is 43.4 Å². The summed E-state index contributed by atoms with van der Waals surface area (Å²) in [4.78, 5) is 29.4. The average Bonchev–Trinajstić information content (AvgIpc) is 3.44. The maximum absolute atomic E-state index is 13.1. The van der Waals surface area contributed by atoms with Gasteiger partial charge in [0.2, 0.25) is 0 Å². The summed E-state index contributed by atoms with van der Waals surface area (Å²) in [6, 6.07) is 6.48. The molecule has 8 heteroatoms. The standard InChI is InChI=1S/C26H31N5O2S/c1-16-22-24(31(2)18-7-5-4-6-8-18)29-15-30-26(22)34-23(16)25(32)27-12-11-17-14-28-21-10-9-19(33-3)13-20(17)21/h9-10,13-15,18,28H,4-8,11-12H2,1-3H3,(H,27,32). The number of carbonyl (C=O) groups excluding carboxylic acids is 1. The minimum Gasteiger partial charge on any atom is -0.497 e. The number of aromatic nitrogens is 3. The van der Waals surface area contributed by atoms with E-state index >= 15 is 0 Å². The van der Waals surface area contributed by atoms with Gasteiger partial charge >= 0.3 is 0 Å². The Morgan fingerprint density at radius 2 is 2.09 bits per heavy atom. The number of anilines is 1. The number of nitrogens with zero attached hydrogens (tertiary/aromatic N) is 3. The molecule has 3 heterocycles. The van der Waals surface area contributed by atoms with E-state index in [-0.39, 0.29) is 5.91 Å². The molecule has 1 aliphatic carbocycles. The lowest BCUT2D eigenvalue weighted by Gasteiger charge is -2.32. The molecule has 178 valence electrons. The molecule has 0 saturated heterocycles. The number of fused-ring (bicyclic) bond motifs is 2. The number of methoxy groups -OCH3 is 1. The number of H-pyrrole nitrogens is 1. The summed E-state index contributed by atoms with van der Waals surface area (Å²) in [7, 11) is 3.80. The van der Waals surface area contributed by atoms with E-state index in [0.29, 0.717) is 12.6 Å². The van der Waals surface area contributed by atoms with Gasteiger partial charge in [0.25, 0.3) is 5.91 Å². The van der Waals surface area contributed by atoms with Crippen molar-refractivity contribution >= 4 is 44.2 Å². The van der Waals surface area contributed by atoms with Crippen molar-refractivity contribution in [3.05, 3.63) is 46.7 Å². The number of amides is 1. The predicted octanol–water partition coefficient (Wildman–Crippen LogP) is 5.23. The molecule has 0 atom stereocenters. The summed E-state index contributed by atoms with van der Waals surface area (Å²) < 4.78 is 5.36. The third-order valence-corrected chi connectivity index (χ3v) is 8.22. The van der Waals surface area contributed by atoms with Crippen LogP contribution < -0.4 is 15.0 Å². The minimum absolute atomic E-state index is 0.0517. The van der Waals surface area contributed by atoms with Crippen molar-refractivity contribution in [3.63, 3.8) is 0 Å². The molecule has 5 rings (SSSR count). The zero-order valence-corrected chi connectivity index (χ0v) is 20.8. The second kappa shape index (κ2) is 9.62. The largest absolute Gasteiger partial charge is 0.497 e. The minimum atomic E-state index is -0.0517. The number of ether oxygens (including phenoxy) is 1. The van der Waals surface area contributed by atoms with E-state index in [4.69, 9.17) is 4.74 Å². The Morgan fingerprint density at radius 3 is 2.88 bits per heavy atom. The number of benzene rings is 1. The van der Waals surface area contributed by atoms with Crippen LogP contribution in [-0.2, 0) is 6.42 Å². The number of aromatic amines is 1. The Morgan fingerprint density at radius 1 is 1.26 bits per heavy atom. The first-order valence-electron chi connectivity index (χ1n) is 12.0. The first-order chi connectivity index (χ1) is 16.6. The van der Waals surface area contributed by atoms with Crippen LogP contribution in [0, 0.1) is 6.92 Å². The molecule has 0 radical (unpaired) electrons. The van der Waals surface area contributed by atoms with Crippen molar-refractivity contribution in [2.45, 2.75) is 51.5 Å². The number of aryl methyl sites for hydroxylation is 1. The maximum Gasteiger partial charge on any atom is 0.261 e. The molecule has 1 fully saturated rings. The van der Waals surface area contributed by atoms with Crippen LogP contribution in [0.4, 0.5) is 5.82 Å². The third-order valence-electron chi connectivity index (χ3n) is 7.02. The van der Waals surface area contributed by atoms with Crippen LogP contribution in [0.3, 0.4) is 0 Å². The van der Waals surface area contributed by atoms with Gasteiger partial charge in [0, 0.05) is 36.7 Å². The molecule has 4 aromatic rings. The molecular weight excluding hydrogens is 446 g/mol. The fourth-order valence-electron chi connectivity index (χ4n) is 5.06. The summed E-state index contributed by atoms with van der Waals surface area (Å²) in [5.74, 6) is 1.72. The van der Waals surface area contributed by atoms with Crippen molar-refractivity contribution in [2.75, 3.05) is 25.6 Å². The lowest BCUT2D eigenvalue weighted by atomic mass is 9.94. The topological polar surface area (TPSA) is 83.1 Å². The molecule has 1 aliphatic rings. The Hall–Kier alpha value is -3.13. The number of nitrogens with one attached hydrogen (secondary N) is 2. The summed E-state index contributed by atoms with van der Waals surface area (Å²) in [6.45, 7) is 2.57. The highest BCUT2D eigenvalue weighted by Gasteiger charge is 2.25. The molecular formula is C26H31N5O2S. The molecule has 2 N–H and O–H groups in total.